The molecule has 0 aliphatic rings. The van der Waals surface area contributed by atoms with E-state index in [0.717, 1.165) is 23.1 Å². The second-order valence-electron chi connectivity index (χ2n) is 5.29. The van der Waals surface area contributed by atoms with E-state index in [1.165, 1.54) is 0 Å². The van der Waals surface area contributed by atoms with Crippen molar-refractivity contribution in [3.8, 4) is 0 Å². The summed E-state index contributed by atoms with van der Waals surface area (Å²) >= 11 is 6.00. The summed E-state index contributed by atoms with van der Waals surface area (Å²) in [6.45, 7) is 2.60. The van der Waals surface area contributed by atoms with Gasteiger partial charge in [0, 0.05) is 37.1 Å². The maximum atomic E-state index is 6.00. The maximum absolute atomic E-state index is 6.00. The number of aromatic amines is 1. The molecular weight excluding hydrogens is 300 g/mol. The highest BCUT2D eigenvalue weighted by molar-refractivity contribution is 6.28. The van der Waals surface area contributed by atoms with E-state index in [1.807, 2.05) is 25.1 Å². The number of nitrogens with two attached hydrogens (primary N) is 1. The Balaban J connectivity index is 1.89. The summed E-state index contributed by atoms with van der Waals surface area (Å²) in [5.74, 6) is 0.707. The molecule has 22 heavy (non-hydrogen) atoms. The molecule has 3 heterocycles. The summed E-state index contributed by atoms with van der Waals surface area (Å²) in [5.41, 5.74) is 8.70. The zero-order chi connectivity index (χ0) is 15.5. The molecule has 0 amide bonds. The van der Waals surface area contributed by atoms with Crippen LogP contribution in [0.25, 0.3) is 11.0 Å². The average Bonchev–Trinajstić information content (AvgIpc) is 2.87. The molecule has 3 aromatic rings. The largest absolute Gasteiger partial charge is 0.365 e. The smallest absolute Gasteiger partial charge is 0.226 e. The van der Waals surface area contributed by atoms with Crippen LogP contribution in [0, 0.1) is 0 Å². The van der Waals surface area contributed by atoms with Crippen molar-refractivity contribution in [2.45, 2.75) is 25.9 Å². The van der Waals surface area contributed by atoms with Crippen LogP contribution < -0.4 is 11.1 Å². The molecule has 7 heteroatoms. The Labute approximate surface area is 133 Å². The van der Waals surface area contributed by atoms with Crippen LogP contribution in [-0.2, 0) is 13.0 Å². The van der Waals surface area contributed by atoms with Gasteiger partial charge in [-0.15, -0.1) is 0 Å². The molecule has 0 aliphatic carbocycles. The van der Waals surface area contributed by atoms with Crippen molar-refractivity contribution in [2.24, 2.45) is 5.73 Å². The second-order valence-corrected chi connectivity index (χ2v) is 5.63. The lowest BCUT2D eigenvalue weighted by Crippen LogP contribution is -2.17. The normalized spacial score (nSPS) is 12.5. The minimum atomic E-state index is 0.0738. The Hall–Kier alpha value is -2.18. The number of rotatable bonds is 5. The summed E-state index contributed by atoms with van der Waals surface area (Å²) in [6.07, 6.45) is 4.27. The number of aromatic nitrogens is 4. The van der Waals surface area contributed by atoms with Crippen LogP contribution in [0.2, 0.25) is 5.28 Å². The average molecular weight is 317 g/mol. The summed E-state index contributed by atoms with van der Waals surface area (Å²) in [5, 5.41) is 4.42. The number of anilines is 1. The number of nitrogens with one attached hydrogen (secondary N) is 2. The molecule has 3 aromatic heterocycles. The van der Waals surface area contributed by atoms with E-state index >= 15 is 0 Å². The number of hydrogen-bond acceptors (Lipinski definition) is 5. The third kappa shape index (κ3) is 3.35. The quantitative estimate of drug-likeness (QED) is 0.629. The van der Waals surface area contributed by atoms with Gasteiger partial charge < -0.3 is 16.0 Å². The maximum Gasteiger partial charge on any atom is 0.226 e. The van der Waals surface area contributed by atoms with Crippen LogP contribution in [-0.4, -0.2) is 26.0 Å². The van der Waals surface area contributed by atoms with Gasteiger partial charge in [-0.25, -0.2) is 4.98 Å². The summed E-state index contributed by atoms with van der Waals surface area (Å²) < 4.78 is 0. The lowest BCUT2D eigenvalue weighted by atomic mass is 10.2. The first-order chi connectivity index (χ1) is 10.6. The number of nitrogens with zero attached hydrogens (tertiary/aromatic N) is 3. The highest BCUT2D eigenvalue weighted by atomic mass is 35.5. The van der Waals surface area contributed by atoms with Gasteiger partial charge in [0.25, 0.3) is 0 Å². The SMILES string of the molecule is C[C@H](N)Cc1cc2c(NCc3ccncc3)nc(Cl)nc2[nH]1. The fourth-order valence-electron chi connectivity index (χ4n) is 2.31. The zero-order valence-corrected chi connectivity index (χ0v) is 12.9. The Bertz CT molecular complexity index is 768. The molecule has 6 nitrogen and oxygen atoms in total. The van der Waals surface area contributed by atoms with Crippen LogP contribution in [0.3, 0.4) is 0 Å². The van der Waals surface area contributed by atoms with Crippen LogP contribution in [0.1, 0.15) is 18.2 Å². The molecule has 3 rings (SSSR count). The molecule has 0 fully saturated rings. The number of hydrogen-bond donors (Lipinski definition) is 3. The monoisotopic (exact) mass is 316 g/mol. The highest BCUT2D eigenvalue weighted by Gasteiger charge is 2.11. The van der Waals surface area contributed by atoms with E-state index in [1.54, 1.807) is 12.4 Å². The molecule has 0 unspecified atom stereocenters. The minimum absolute atomic E-state index is 0.0738. The molecule has 1 atom stereocenters. The number of halogens is 1. The van der Waals surface area contributed by atoms with Gasteiger partial charge in [0.2, 0.25) is 5.28 Å². The summed E-state index contributed by atoms with van der Waals surface area (Å²) in [6, 6.07) is 5.99. The zero-order valence-electron chi connectivity index (χ0n) is 12.2. The van der Waals surface area contributed by atoms with Gasteiger partial charge in [-0.2, -0.15) is 4.98 Å². The minimum Gasteiger partial charge on any atom is -0.365 e. The Morgan fingerprint density at radius 1 is 1.32 bits per heavy atom. The molecule has 4 N–H and O–H groups in total. The molecule has 0 aromatic carbocycles. The first kappa shape index (κ1) is 14.7. The van der Waals surface area contributed by atoms with E-state index in [9.17, 15) is 0 Å². The van der Waals surface area contributed by atoms with Gasteiger partial charge in [0.1, 0.15) is 11.5 Å². The molecule has 0 radical (unpaired) electrons. The molecule has 0 bridgehead atoms. The van der Waals surface area contributed by atoms with Gasteiger partial charge >= 0.3 is 0 Å². The van der Waals surface area contributed by atoms with Crippen LogP contribution in [0.5, 0.6) is 0 Å². The van der Waals surface area contributed by atoms with Crippen molar-refractivity contribution in [3.63, 3.8) is 0 Å². The van der Waals surface area contributed by atoms with E-state index in [4.69, 9.17) is 17.3 Å². The van der Waals surface area contributed by atoms with Gasteiger partial charge in [-0.1, -0.05) is 0 Å². The van der Waals surface area contributed by atoms with Crippen molar-refractivity contribution < 1.29 is 0 Å². The Morgan fingerprint density at radius 3 is 2.82 bits per heavy atom. The van der Waals surface area contributed by atoms with Crippen molar-refractivity contribution in [1.29, 1.82) is 0 Å². The standard InChI is InChI=1S/C15H17ClN6/c1-9(17)6-11-7-12-13(21-15(16)22-14(12)20-11)19-8-10-2-4-18-5-3-10/h2-5,7,9H,6,8,17H2,1H3,(H2,19,20,21,22)/t9-/m0/s1. The van der Waals surface area contributed by atoms with Gasteiger partial charge in [0.05, 0.1) is 5.39 Å². The summed E-state index contributed by atoms with van der Waals surface area (Å²) in [7, 11) is 0. The predicted octanol–water partition coefficient (Wildman–Crippen LogP) is 2.51. The first-order valence-corrected chi connectivity index (χ1v) is 7.43. The topological polar surface area (TPSA) is 92.5 Å². The molecule has 0 aliphatic heterocycles. The Morgan fingerprint density at radius 2 is 2.09 bits per heavy atom. The third-order valence-corrected chi connectivity index (χ3v) is 3.44. The van der Waals surface area contributed by atoms with Crippen LogP contribution >= 0.6 is 11.6 Å². The summed E-state index contributed by atoms with van der Waals surface area (Å²) in [4.78, 5) is 15.8. The molecule has 0 saturated heterocycles. The van der Waals surface area contributed by atoms with Gasteiger partial charge in [0.15, 0.2) is 0 Å². The highest BCUT2D eigenvalue weighted by Crippen LogP contribution is 2.24. The second kappa shape index (κ2) is 6.29. The van der Waals surface area contributed by atoms with Crippen LogP contribution in [0.4, 0.5) is 5.82 Å². The lowest BCUT2D eigenvalue weighted by molar-refractivity contribution is 0.726. The van der Waals surface area contributed by atoms with E-state index in [2.05, 4.69) is 25.3 Å². The first-order valence-electron chi connectivity index (χ1n) is 7.05. The predicted molar refractivity (Wildman–Crippen MR) is 87.8 cm³/mol. The number of H-pyrrole nitrogens is 1. The van der Waals surface area contributed by atoms with Crippen molar-refractivity contribution in [2.75, 3.05) is 5.32 Å². The van der Waals surface area contributed by atoms with Crippen molar-refractivity contribution in [1.82, 2.24) is 19.9 Å². The molecular formula is C15H17ClN6. The van der Waals surface area contributed by atoms with E-state index < -0.39 is 0 Å². The van der Waals surface area contributed by atoms with Crippen LogP contribution in [0.15, 0.2) is 30.6 Å². The fraction of sp³-hybridized carbons (Fsp3) is 0.267. The fourth-order valence-corrected chi connectivity index (χ4v) is 2.48. The van der Waals surface area contributed by atoms with E-state index in [-0.39, 0.29) is 11.3 Å². The molecule has 0 saturated carbocycles. The van der Waals surface area contributed by atoms with Crippen molar-refractivity contribution >= 4 is 28.5 Å². The Kier molecular flexibility index (Phi) is 4.22. The molecule has 114 valence electrons. The van der Waals surface area contributed by atoms with Crippen molar-refractivity contribution in [3.05, 3.63) is 47.1 Å². The number of pyridine rings is 1. The molecule has 0 spiro atoms. The van der Waals surface area contributed by atoms with Gasteiger partial charge in [-0.3, -0.25) is 4.98 Å². The lowest BCUT2D eigenvalue weighted by Gasteiger charge is -2.06. The van der Waals surface area contributed by atoms with Gasteiger partial charge in [-0.05, 0) is 42.3 Å². The number of fused-ring (bicyclic) bond motifs is 1. The third-order valence-electron chi connectivity index (χ3n) is 3.27. The van der Waals surface area contributed by atoms with E-state index in [0.29, 0.717) is 18.0 Å².